The van der Waals surface area contributed by atoms with E-state index in [4.69, 9.17) is 0 Å². The van der Waals surface area contributed by atoms with E-state index in [1.807, 2.05) is 72.8 Å². The Bertz CT molecular complexity index is 2310. The summed E-state index contributed by atoms with van der Waals surface area (Å²) in [6, 6.07) is 40.5. The normalized spacial score (nSPS) is 35.5. The zero-order chi connectivity index (χ0) is 47.0. The summed E-state index contributed by atoms with van der Waals surface area (Å²) in [7, 11) is 0. The Kier molecular flexibility index (Phi) is 11.0. The highest BCUT2D eigenvalue weighted by atomic mass is 16.2. The molecule has 0 spiro atoms. The predicted octanol–water partition coefficient (Wildman–Crippen LogP) is 5.78. The van der Waals surface area contributed by atoms with Crippen molar-refractivity contribution in [2.75, 3.05) is 26.2 Å². The van der Waals surface area contributed by atoms with Gasteiger partial charge in [0.1, 0.15) is 0 Å². The van der Waals surface area contributed by atoms with Crippen LogP contribution in [-0.4, -0.2) is 95.6 Å². The van der Waals surface area contributed by atoms with Gasteiger partial charge in [0.05, 0.1) is 34.5 Å². The van der Waals surface area contributed by atoms with Crippen LogP contribution in [0.25, 0.3) is 0 Å². The molecule has 69 heavy (non-hydrogen) atoms. The third kappa shape index (κ3) is 8.41. The average Bonchev–Trinajstić information content (AvgIpc) is 4.37. The van der Waals surface area contributed by atoms with Gasteiger partial charge >= 0.3 is 0 Å². The molecule has 12 rings (SSSR count). The number of carbonyl (C=O) groups is 6. The molecule has 356 valence electrons. The van der Waals surface area contributed by atoms with Gasteiger partial charge in [0.15, 0.2) is 0 Å². The lowest BCUT2D eigenvalue weighted by atomic mass is 9.80. The maximum Gasteiger partial charge on any atom is 0.228 e. The molecule has 12 nitrogen and oxygen atoms in total. The molecular formula is C57H62N6O6. The second kappa shape index (κ2) is 17.3. The molecule has 6 saturated carbocycles. The Labute approximate surface area is 403 Å². The number of hydrogen-bond acceptors (Lipinski definition) is 6. The second-order valence-corrected chi connectivity index (χ2v) is 22.1. The van der Waals surface area contributed by atoms with Crippen LogP contribution in [0.2, 0.25) is 0 Å². The lowest BCUT2D eigenvalue weighted by Gasteiger charge is -2.31. The molecule has 2 bridgehead atoms. The van der Waals surface area contributed by atoms with Crippen LogP contribution in [0, 0.1) is 34.5 Å². The van der Waals surface area contributed by atoms with Gasteiger partial charge in [-0.15, -0.1) is 0 Å². The summed E-state index contributed by atoms with van der Waals surface area (Å²) < 4.78 is 0. The number of fused-ring (bicyclic) bond motifs is 2. The quantitative estimate of drug-likeness (QED) is 0.126. The van der Waals surface area contributed by atoms with Crippen LogP contribution < -0.4 is 21.3 Å². The molecular weight excluding hydrogens is 865 g/mol. The van der Waals surface area contributed by atoms with Crippen molar-refractivity contribution in [1.82, 2.24) is 31.1 Å². The van der Waals surface area contributed by atoms with Crippen molar-refractivity contribution in [1.29, 1.82) is 0 Å². The first kappa shape index (κ1) is 43.9. The van der Waals surface area contributed by atoms with Gasteiger partial charge < -0.3 is 31.1 Å². The van der Waals surface area contributed by atoms with E-state index in [1.54, 1.807) is 9.80 Å². The van der Waals surface area contributed by atoms with Crippen molar-refractivity contribution in [2.45, 2.75) is 106 Å². The Morgan fingerprint density at radius 2 is 0.594 bits per heavy atom. The van der Waals surface area contributed by atoms with Crippen LogP contribution in [0.1, 0.15) is 104 Å². The first-order valence-electron chi connectivity index (χ1n) is 25.6. The van der Waals surface area contributed by atoms with E-state index in [-0.39, 0.29) is 109 Å². The molecule has 12 heteroatoms. The van der Waals surface area contributed by atoms with Gasteiger partial charge in [0, 0.05) is 74.0 Å². The van der Waals surface area contributed by atoms with Gasteiger partial charge in [-0.2, -0.15) is 0 Å². The van der Waals surface area contributed by atoms with Gasteiger partial charge in [0.25, 0.3) is 0 Å². The summed E-state index contributed by atoms with van der Waals surface area (Å²) >= 11 is 0. The highest BCUT2D eigenvalue weighted by Crippen LogP contribution is 2.63. The van der Waals surface area contributed by atoms with Crippen LogP contribution in [0.4, 0.5) is 0 Å². The van der Waals surface area contributed by atoms with E-state index in [0.29, 0.717) is 32.1 Å². The van der Waals surface area contributed by atoms with Crippen molar-refractivity contribution >= 4 is 35.4 Å². The van der Waals surface area contributed by atoms with E-state index >= 15 is 0 Å². The number of nitrogens with zero attached hydrogens (tertiary/aromatic N) is 2. The first-order valence-corrected chi connectivity index (χ1v) is 25.6. The van der Waals surface area contributed by atoms with E-state index < -0.39 is 34.5 Å². The summed E-state index contributed by atoms with van der Waals surface area (Å²) in [6.07, 6.45) is 5.87. The summed E-state index contributed by atoms with van der Waals surface area (Å²) in [5.41, 5.74) is 3.15. The maximum atomic E-state index is 15.0. The molecule has 8 aliphatic rings. The van der Waals surface area contributed by atoms with Crippen molar-refractivity contribution in [2.24, 2.45) is 34.5 Å². The Morgan fingerprint density at radius 3 is 0.826 bits per heavy atom. The standard InChI is InChI=1S/C57H62N6O6/c64-50(58-46-25-38(46)34-13-5-1-6-14-34)42-29-62(30-43(42)51(65)59-47-26-39(47)35-15-7-2-8-16-35)54(68)56-21-23-57(33-56,24-22-56)55(69)63-31-44(52(66)60-48-27-40(48)36-17-9-3-10-18-36)45(32-63)53(67)61-49-28-41(49)37-19-11-4-12-20-37/h1-20,38-49H,21-33H2,(H,58,64)(H,59,65)(H,60,66)(H,61,67)/t38-,39-,40-,41-,42-,43-,44-,45-,46+,47+,48+,49+,56?,57?/m1/s1. The fourth-order valence-electron chi connectivity index (χ4n) is 13.3. The van der Waals surface area contributed by atoms with Gasteiger partial charge in [-0.25, -0.2) is 0 Å². The molecule has 2 heterocycles. The molecule has 0 radical (unpaired) electrons. The van der Waals surface area contributed by atoms with Crippen molar-refractivity contribution < 1.29 is 28.8 Å². The van der Waals surface area contributed by atoms with Crippen molar-refractivity contribution in [3.8, 4) is 0 Å². The highest BCUT2D eigenvalue weighted by molar-refractivity contribution is 5.95. The number of amides is 6. The van der Waals surface area contributed by atoms with E-state index in [1.165, 1.54) is 22.3 Å². The smallest absolute Gasteiger partial charge is 0.228 e. The number of rotatable bonds is 14. The Balaban J connectivity index is 0.728. The molecule has 4 aromatic carbocycles. The van der Waals surface area contributed by atoms with E-state index in [9.17, 15) is 28.8 Å². The summed E-state index contributed by atoms with van der Waals surface area (Å²) in [5, 5.41) is 13.0. The second-order valence-electron chi connectivity index (χ2n) is 22.1. The van der Waals surface area contributed by atoms with Crippen molar-refractivity contribution in [3.63, 3.8) is 0 Å². The van der Waals surface area contributed by atoms with Gasteiger partial charge in [-0.1, -0.05) is 121 Å². The van der Waals surface area contributed by atoms with Crippen LogP contribution in [0.5, 0.6) is 0 Å². The molecule has 6 aliphatic carbocycles. The van der Waals surface area contributed by atoms with Gasteiger partial charge in [-0.3, -0.25) is 28.8 Å². The summed E-state index contributed by atoms with van der Waals surface area (Å²) in [4.78, 5) is 90.3. The lowest BCUT2D eigenvalue weighted by Crippen LogP contribution is -2.43. The molecule has 2 aliphatic heterocycles. The van der Waals surface area contributed by atoms with E-state index in [2.05, 4.69) is 69.8 Å². The van der Waals surface area contributed by atoms with E-state index in [0.717, 1.165) is 25.7 Å². The monoisotopic (exact) mass is 926 g/mol. The third-order valence-corrected chi connectivity index (χ3v) is 17.7. The van der Waals surface area contributed by atoms with Gasteiger partial charge in [-0.05, 0) is 80.0 Å². The molecule has 6 amide bonds. The maximum absolute atomic E-state index is 15.0. The van der Waals surface area contributed by atoms with Crippen LogP contribution in [-0.2, 0) is 28.8 Å². The van der Waals surface area contributed by atoms with Crippen LogP contribution in [0.3, 0.4) is 0 Å². The minimum Gasteiger partial charge on any atom is -0.352 e. The fourth-order valence-corrected chi connectivity index (χ4v) is 13.3. The Hall–Kier alpha value is -6.30. The summed E-state index contributed by atoms with van der Waals surface area (Å²) in [6.45, 7) is 0.607. The number of nitrogens with one attached hydrogen (secondary N) is 4. The minimum atomic E-state index is -0.782. The number of benzene rings is 4. The number of likely N-dealkylation sites (tertiary alicyclic amines) is 2. The molecule has 0 aromatic heterocycles. The number of carbonyl (C=O) groups excluding carboxylic acids is 6. The zero-order valence-electron chi connectivity index (χ0n) is 39.0. The molecule has 4 aromatic rings. The Morgan fingerprint density at radius 1 is 0.362 bits per heavy atom. The largest absolute Gasteiger partial charge is 0.352 e. The van der Waals surface area contributed by atoms with Crippen molar-refractivity contribution in [3.05, 3.63) is 144 Å². The van der Waals surface area contributed by atoms with Crippen LogP contribution >= 0.6 is 0 Å². The first-order chi connectivity index (χ1) is 33.6. The lowest BCUT2D eigenvalue weighted by molar-refractivity contribution is -0.141. The molecule has 0 unspecified atom stereocenters. The molecule has 4 N–H and O–H groups in total. The van der Waals surface area contributed by atoms with Gasteiger partial charge in [0.2, 0.25) is 35.4 Å². The highest BCUT2D eigenvalue weighted by Gasteiger charge is 2.64. The molecule has 12 atom stereocenters. The van der Waals surface area contributed by atoms with Crippen LogP contribution in [0.15, 0.2) is 121 Å². The third-order valence-electron chi connectivity index (χ3n) is 17.7. The SMILES string of the molecule is O=C(N[C@H]1C[C@@H]1c1ccccc1)[C@@H]1CN(C(=O)C23CCC(C(=O)N4C[C@@H](C(=O)N[C@H]5C[C@@H]5c5ccccc5)[C@H](C(=O)N[C@H]5C[C@@H]5c5ccccc5)C4)(CC2)C3)C[C@H]1C(=O)N[C@H]1C[C@@H]1c1ccccc1. The molecule has 8 fully saturated rings. The predicted molar refractivity (Wildman–Crippen MR) is 258 cm³/mol. The topological polar surface area (TPSA) is 157 Å². The minimum absolute atomic E-state index is 0.0177. The fraction of sp³-hybridized carbons (Fsp3) is 0.474. The average molecular weight is 927 g/mol. The number of hydrogen-bond donors (Lipinski definition) is 4. The summed E-state index contributed by atoms with van der Waals surface area (Å²) in [5.74, 6) is -2.80. The zero-order valence-corrected chi connectivity index (χ0v) is 39.0. The molecule has 2 saturated heterocycles.